The Bertz CT molecular complexity index is 608. The van der Waals surface area contributed by atoms with E-state index in [0.29, 0.717) is 13.2 Å². The van der Waals surface area contributed by atoms with Gasteiger partial charge in [0.15, 0.2) is 0 Å². The molecule has 0 aliphatic rings. The highest BCUT2D eigenvalue weighted by molar-refractivity contribution is 7.09. The number of benzene rings is 1. The topological polar surface area (TPSA) is 42.4 Å². The molecule has 1 aromatic carbocycles. The van der Waals surface area contributed by atoms with Gasteiger partial charge < -0.3 is 9.64 Å². The van der Waals surface area contributed by atoms with Crippen molar-refractivity contribution in [2.75, 3.05) is 20.2 Å². The van der Waals surface area contributed by atoms with Crippen molar-refractivity contribution in [2.45, 2.75) is 6.92 Å². The molecule has 110 valence electrons. The number of aryl methyl sites for hydroxylation is 1. The van der Waals surface area contributed by atoms with Gasteiger partial charge in [-0.05, 0) is 25.1 Å². The van der Waals surface area contributed by atoms with E-state index in [9.17, 15) is 4.79 Å². The fourth-order valence-electron chi connectivity index (χ4n) is 1.67. The predicted octanol–water partition coefficient (Wildman–Crippen LogP) is 3.00. The van der Waals surface area contributed by atoms with Crippen molar-refractivity contribution in [1.82, 2.24) is 9.88 Å². The molecule has 1 amide bonds. The molecule has 2 aromatic rings. The molecule has 5 heteroatoms. The SMILES string of the molecule is Cc1nc(C=CC(=O)N(C)CCOc2ccccc2)cs1. The average Bonchev–Trinajstić information content (AvgIpc) is 2.91. The Balaban J connectivity index is 1.76. The van der Waals surface area contributed by atoms with Gasteiger partial charge in [0, 0.05) is 18.5 Å². The zero-order chi connectivity index (χ0) is 15.1. The van der Waals surface area contributed by atoms with Crippen molar-refractivity contribution in [3.8, 4) is 5.75 Å². The zero-order valence-corrected chi connectivity index (χ0v) is 13.0. The number of ether oxygens (including phenoxy) is 1. The quantitative estimate of drug-likeness (QED) is 0.770. The highest BCUT2D eigenvalue weighted by Gasteiger charge is 2.05. The Hall–Kier alpha value is -2.14. The summed E-state index contributed by atoms with van der Waals surface area (Å²) in [7, 11) is 1.76. The van der Waals surface area contributed by atoms with Gasteiger partial charge in [0.25, 0.3) is 0 Å². The van der Waals surface area contributed by atoms with Crippen molar-refractivity contribution in [2.24, 2.45) is 0 Å². The summed E-state index contributed by atoms with van der Waals surface area (Å²) in [6.45, 7) is 2.95. The molecular formula is C16H18N2O2S. The third-order valence-corrected chi connectivity index (χ3v) is 3.64. The molecule has 0 fully saturated rings. The van der Waals surface area contributed by atoms with E-state index < -0.39 is 0 Å². The fourth-order valence-corrected chi connectivity index (χ4v) is 2.25. The van der Waals surface area contributed by atoms with Crippen LogP contribution in [0.1, 0.15) is 10.7 Å². The largest absolute Gasteiger partial charge is 0.492 e. The van der Waals surface area contributed by atoms with Crippen LogP contribution in [0.2, 0.25) is 0 Å². The van der Waals surface area contributed by atoms with E-state index in [-0.39, 0.29) is 5.91 Å². The first-order valence-electron chi connectivity index (χ1n) is 6.68. The van der Waals surface area contributed by atoms with E-state index in [1.165, 1.54) is 6.08 Å². The van der Waals surface area contributed by atoms with Crippen molar-refractivity contribution < 1.29 is 9.53 Å². The Labute approximate surface area is 128 Å². The number of likely N-dealkylation sites (N-methyl/N-ethyl adjacent to an activating group) is 1. The molecule has 0 aliphatic heterocycles. The number of nitrogens with zero attached hydrogens (tertiary/aromatic N) is 2. The number of carbonyl (C=O) groups is 1. The molecule has 0 unspecified atom stereocenters. The summed E-state index contributed by atoms with van der Waals surface area (Å²) < 4.78 is 5.56. The van der Waals surface area contributed by atoms with Crippen LogP contribution in [0.15, 0.2) is 41.8 Å². The van der Waals surface area contributed by atoms with E-state index in [1.807, 2.05) is 42.6 Å². The minimum atomic E-state index is -0.0580. The van der Waals surface area contributed by atoms with Crippen LogP contribution in [0.4, 0.5) is 0 Å². The molecule has 4 nitrogen and oxygen atoms in total. The fraction of sp³-hybridized carbons (Fsp3) is 0.250. The lowest BCUT2D eigenvalue weighted by molar-refractivity contribution is -0.125. The van der Waals surface area contributed by atoms with Crippen LogP contribution in [0.5, 0.6) is 5.75 Å². The first kappa shape index (κ1) is 15.3. The highest BCUT2D eigenvalue weighted by Crippen LogP contribution is 2.10. The molecule has 2 rings (SSSR count). The Kier molecular flexibility index (Phi) is 5.51. The first-order valence-corrected chi connectivity index (χ1v) is 7.56. The standard InChI is InChI=1S/C16H18N2O2S/c1-13-17-14(12-21-13)8-9-16(19)18(2)10-11-20-15-6-4-3-5-7-15/h3-9,12H,10-11H2,1-2H3. The number of amides is 1. The molecule has 1 heterocycles. The molecular weight excluding hydrogens is 284 g/mol. The number of carbonyl (C=O) groups excluding carboxylic acids is 1. The predicted molar refractivity (Wildman–Crippen MR) is 85.5 cm³/mol. The van der Waals surface area contributed by atoms with Crippen LogP contribution < -0.4 is 4.74 Å². The molecule has 0 saturated heterocycles. The first-order chi connectivity index (χ1) is 10.1. The van der Waals surface area contributed by atoms with Crippen molar-refractivity contribution in [3.05, 3.63) is 52.5 Å². The van der Waals surface area contributed by atoms with Gasteiger partial charge in [0.2, 0.25) is 5.91 Å². The van der Waals surface area contributed by atoms with E-state index in [4.69, 9.17) is 4.74 Å². The van der Waals surface area contributed by atoms with Crippen molar-refractivity contribution in [1.29, 1.82) is 0 Å². The molecule has 0 atom stereocenters. The molecule has 0 saturated carbocycles. The molecule has 0 aliphatic carbocycles. The number of hydrogen-bond acceptors (Lipinski definition) is 4. The third-order valence-electron chi connectivity index (χ3n) is 2.85. The maximum atomic E-state index is 11.9. The summed E-state index contributed by atoms with van der Waals surface area (Å²) in [5.74, 6) is 0.754. The van der Waals surface area contributed by atoms with E-state index >= 15 is 0 Å². The van der Waals surface area contributed by atoms with Crippen LogP contribution in [0.25, 0.3) is 6.08 Å². The van der Waals surface area contributed by atoms with Gasteiger partial charge in [0.1, 0.15) is 12.4 Å². The number of hydrogen-bond donors (Lipinski definition) is 0. The Morgan fingerprint density at radius 1 is 1.38 bits per heavy atom. The lowest BCUT2D eigenvalue weighted by atomic mass is 10.3. The van der Waals surface area contributed by atoms with Crippen LogP contribution in [-0.2, 0) is 4.79 Å². The van der Waals surface area contributed by atoms with Crippen LogP contribution in [-0.4, -0.2) is 36.0 Å². The normalized spacial score (nSPS) is 10.8. The zero-order valence-electron chi connectivity index (χ0n) is 12.2. The van der Waals surface area contributed by atoms with Crippen molar-refractivity contribution >= 4 is 23.3 Å². The van der Waals surface area contributed by atoms with Gasteiger partial charge in [-0.2, -0.15) is 0 Å². The summed E-state index contributed by atoms with van der Waals surface area (Å²) in [6.07, 6.45) is 3.28. The second kappa shape index (κ2) is 7.59. The second-order valence-corrected chi connectivity index (χ2v) is 5.61. The third kappa shape index (κ3) is 5.04. The smallest absolute Gasteiger partial charge is 0.246 e. The summed E-state index contributed by atoms with van der Waals surface area (Å²) in [6, 6.07) is 9.57. The molecule has 0 radical (unpaired) electrons. The number of para-hydroxylation sites is 1. The van der Waals surface area contributed by atoms with Gasteiger partial charge in [-0.15, -0.1) is 11.3 Å². The summed E-state index contributed by atoms with van der Waals surface area (Å²) >= 11 is 1.57. The number of aromatic nitrogens is 1. The van der Waals surface area contributed by atoms with Gasteiger partial charge in [0.05, 0.1) is 17.2 Å². The summed E-state index contributed by atoms with van der Waals surface area (Å²) in [4.78, 5) is 17.8. The minimum Gasteiger partial charge on any atom is -0.492 e. The Morgan fingerprint density at radius 2 is 2.14 bits per heavy atom. The number of thiazole rings is 1. The molecule has 21 heavy (non-hydrogen) atoms. The van der Waals surface area contributed by atoms with Crippen LogP contribution in [0, 0.1) is 6.92 Å². The summed E-state index contributed by atoms with van der Waals surface area (Å²) in [5, 5.41) is 2.92. The van der Waals surface area contributed by atoms with Gasteiger partial charge >= 0.3 is 0 Å². The van der Waals surface area contributed by atoms with Crippen LogP contribution in [0.3, 0.4) is 0 Å². The van der Waals surface area contributed by atoms with E-state index in [0.717, 1.165) is 16.5 Å². The monoisotopic (exact) mass is 302 g/mol. The average molecular weight is 302 g/mol. The number of rotatable bonds is 6. The van der Waals surface area contributed by atoms with Crippen molar-refractivity contribution in [3.63, 3.8) is 0 Å². The van der Waals surface area contributed by atoms with Gasteiger partial charge in [-0.3, -0.25) is 4.79 Å². The lowest BCUT2D eigenvalue weighted by Crippen LogP contribution is -2.29. The molecule has 0 spiro atoms. The molecule has 0 bridgehead atoms. The minimum absolute atomic E-state index is 0.0580. The molecule has 1 aromatic heterocycles. The Morgan fingerprint density at radius 3 is 2.81 bits per heavy atom. The lowest BCUT2D eigenvalue weighted by Gasteiger charge is -2.15. The van der Waals surface area contributed by atoms with E-state index in [1.54, 1.807) is 29.4 Å². The van der Waals surface area contributed by atoms with Gasteiger partial charge in [-0.1, -0.05) is 18.2 Å². The van der Waals surface area contributed by atoms with E-state index in [2.05, 4.69) is 4.98 Å². The second-order valence-electron chi connectivity index (χ2n) is 4.55. The maximum Gasteiger partial charge on any atom is 0.246 e. The van der Waals surface area contributed by atoms with Gasteiger partial charge in [-0.25, -0.2) is 4.98 Å². The summed E-state index contributed by atoms with van der Waals surface area (Å²) in [5.41, 5.74) is 0.819. The maximum absolute atomic E-state index is 11.9. The molecule has 0 N–H and O–H groups in total. The van der Waals surface area contributed by atoms with Crippen LogP contribution >= 0.6 is 11.3 Å². The highest BCUT2D eigenvalue weighted by atomic mass is 32.1.